The molecule has 1 atom stereocenters. The average molecular weight is 245 g/mol. The third-order valence-corrected chi connectivity index (χ3v) is 3.00. The molecule has 0 radical (unpaired) electrons. The summed E-state index contributed by atoms with van der Waals surface area (Å²) in [4.78, 5) is 2.07. The Kier molecular flexibility index (Phi) is 4.02. The molecule has 0 bridgehead atoms. The molecular weight excluding hydrogens is 226 g/mol. The minimum Gasteiger partial charge on any atom is -0.469 e. The first-order valence-electron chi connectivity index (χ1n) is 5.96. The van der Waals surface area contributed by atoms with E-state index < -0.39 is 0 Å². The van der Waals surface area contributed by atoms with Gasteiger partial charge >= 0.3 is 0 Å². The topological polar surface area (TPSA) is 54.4 Å². The van der Waals surface area contributed by atoms with Crippen LogP contribution in [0, 0.1) is 0 Å². The molecule has 0 fully saturated rings. The van der Waals surface area contributed by atoms with Crippen molar-refractivity contribution in [1.29, 1.82) is 0 Å². The van der Waals surface area contributed by atoms with Crippen LogP contribution in [0.15, 0.2) is 47.1 Å². The molecule has 96 valence electrons. The molecule has 4 heteroatoms. The van der Waals surface area contributed by atoms with Crippen molar-refractivity contribution >= 4 is 5.69 Å². The SMILES string of the molecule is CN(C)c1ccc(C(Cc2ccco2)NN)cc1. The van der Waals surface area contributed by atoms with E-state index in [1.807, 2.05) is 26.2 Å². The quantitative estimate of drug-likeness (QED) is 0.625. The molecule has 0 spiro atoms. The maximum Gasteiger partial charge on any atom is 0.105 e. The van der Waals surface area contributed by atoms with Gasteiger partial charge in [0.25, 0.3) is 0 Å². The highest BCUT2D eigenvalue weighted by Gasteiger charge is 2.12. The lowest BCUT2D eigenvalue weighted by molar-refractivity contribution is 0.455. The Morgan fingerprint density at radius 2 is 1.94 bits per heavy atom. The number of nitrogens with one attached hydrogen (secondary N) is 1. The minimum atomic E-state index is 0.0624. The molecule has 0 saturated carbocycles. The Hall–Kier alpha value is -1.78. The van der Waals surface area contributed by atoms with Crippen LogP contribution in [0.1, 0.15) is 17.4 Å². The maximum atomic E-state index is 5.62. The van der Waals surface area contributed by atoms with Crippen molar-refractivity contribution in [3.05, 3.63) is 54.0 Å². The summed E-state index contributed by atoms with van der Waals surface area (Å²) in [6.45, 7) is 0. The molecule has 0 aliphatic rings. The van der Waals surface area contributed by atoms with E-state index in [4.69, 9.17) is 10.3 Å². The molecule has 1 heterocycles. The van der Waals surface area contributed by atoms with Gasteiger partial charge in [-0.05, 0) is 29.8 Å². The van der Waals surface area contributed by atoms with Crippen LogP contribution in [0.25, 0.3) is 0 Å². The normalized spacial score (nSPS) is 12.4. The van der Waals surface area contributed by atoms with Crippen molar-refractivity contribution in [3.8, 4) is 0 Å². The molecule has 3 N–H and O–H groups in total. The van der Waals surface area contributed by atoms with Gasteiger partial charge in [0.15, 0.2) is 0 Å². The Morgan fingerprint density at radius 1 is 1.22 bits per heavy atom. The van der Waals surface area contributed by atoms with Gasteiger partial charge in [0.05, 0.1) is 12.3 Å². The first-order valence-corrected chi connectivity index (χ1v) is 5.96. The van der Waals surface area contributed by atoms with Crippen molar-refractivity contribution in [1.82, 2.24) is 5.43 Å². The molecule has 0 aliphatic heterocycles. The van der Waals surface area contributed by atoms with Crippen LogP contribution < -0.4 is 16.2 Å². The zero-order valence-corrected chi connectivity index (χ0v) is 10.8. The zero-order valence-electron chi connectivity index (χ0n) is 10.8. The zero-order chi connectivity index (χ0) is 13.0. The van der Waals surface area contributed by atoms with Crippen LogP contribution in [0.3, 0.4) is 0 Å². The smallest absolute Gasteiger partial charge is 0.105 e. The van der Waals surface area contributed by atoms with Crippen LogP contribution in [-0.4, -0.2) is 14.1 Å². The van der Waals surface area contributed by atoms with Crippen molar-refractivity contribution in [3.63, 3.8) is 0 Å². The Balaban J connectivity index is 2.12. The van der Waals surface area contributed by atoms with Crippen molar-refractivity contribution in [2.45, 2.75) is 12.5 Å². The van der Waals surface area contributed by atoms with E-state index in [9.17, 15) is 0 Å². The molecule has 0 aliphatic carbocycles. The van der Waals surface area contributed by atoms with E-state index in [-0.39, 0.29) is 6.04 Å². The standard InChI is InChI=1S/C14H19N3O/c1-17(2)12-7-5-11(6-8-12)14(16-15)10-13-4-3-9-18-13/h3-9,14,16H,10,15H2,1-2H3. The lowest BCUT2D eigenvalue weighted by Gasteiger charge is -2.17. The summed E-state index contributed by atoms with van der Waals surface area (Å²) in [5, 5.41) is 0. The molecule has 0 amide bonds. The van der Waals surface area contributed by atoms with E-state index >= 15 is 0 Å². The molecular formula is C14H19N3O. The second-order valence-corrected chi connectivity index (χ2v) is 4.49. The predicted octanol–water partition coefficient (Wildman–Crippen LogP) is 2.09. The number of nitrogens with zero attached hydrogens (tertiary/aromatic N) is 1. The van der Waals surface area contributed by atoms with Gasteiger partial charge in [-0.1, -0.05) is 12.1 Å². The largest absolute Gasteiger partial charge is 0.469 e. The first-order chi connectivity index (χ1) is 8.70. The van der Waals surface area contributed by atoms with Crippen LogP contribution in [0.2, 0.25) is 0 Å². The van der Waals surface area contributed by atoms with Crippen LogP contribution in [0.5, 0.6) is 0 Å². The van der Waals surface area contributed by atoms with E-state index in [2.05, 4.69) is 34.6 Å². The highest BCUT2D eigenvalue weighted by molar-refractivity contribution is 5.46. The summed E-state index contributed by atoms with van der Waals surface area (Å²) in [6.07, 6.45) is 2.42. The Bertz CT molecular complexity index is 462. The monoisotopic (exact) mass is 245 g/mol. The third kappa shape index (κ3) is 2.91. The van der Waals surface area contributed by atoms with Crippen molar-refractivity contribution in [2.75, 3.05) is 19.0 Å². The van der Waals surface area contributed by atoms with E-state index in [0.717, 1.165) is 17.7 Å². The molecule has 2 aromatic rings. The van der Waals surface area contributed by atoms with Crippen molar-refractivity contribution in [2.24, 2.45) is 5.84 Å². The Labute approximate surface area is 107 Å². The molecule has 1 aromatic carbocycles. The fourth-order valence-corrected chi connectivity index (χ4v) is 1.91. The summed E-state index contributed by atoms with van der Waals surface area (Å²) >= 11 is 0. The van der Waals surface area contributed by atoms with Gasteiger partial charge in [0, 0.05) is 26.2 Å². The molecule has 1 aromatic heterocycles. The molecule has 2 rings (SSSR count). The minimum absolute atomic E-state index is 0.0624. The molecule has 1 unspecified atom stereocenters. The highest BCUT2D eigenvalue weighted by Crippen LogP contribution is 2.21. The first kappa shape index (κ1) is 12.7. The number of hydrogen-bond donors (Lipinski definition) is 2. The summed E-state index contributed by atoms with van der Waals surface area (Å²) in [5.74, 6) is 6.54. The number of benzene rings is 1. The highest BCUT2D eigenvalue weighted by atomic mass is 16.3. The number of furan rings is 1. The van der Waals surface area contributed by atoms with E-state index in [1.54, 1.807) is 6.26 Å². The lowest BCUT2D eigenvalue weighted by Crippen LogP contribution is -2.29. The van der Waals surface area contributed by atoms with Crippen LogP contribution >= 0.6 is 0 Å². The number of rotatable bonds is 5. The summed E-state index contributed by atoms with van der Waals surface area (Å²) < 4.78 is 5.35. The van der Waals surface area contributed by atoms with E-state index in [0.29, 0.717) is 0 Å². The van der Waals surface area contributed by atoms with E-state index in [1.165, 1.54) is 5.69 Å². The van der Waals surface area contributed by atoms with Gasteiger partial charge < -0.3 is 9.32 Å². The fraction of sp³-hybridized carbons (Fsp3) is 0.286. The molecule has 18 heavy (non-hydrogen) atoms. The van der Waals surface area contributed by atoms with Crippen LogP contribution in [0.4, 0.5) is 5.69 Å². The van der Waals surface area contributed by atoms with Gasteiger partial charge in [0.2, 0.25) is 0 Å². The van der Waals surface area contributed by atoms with Gasteiger partial charge in [-0.15, -0.1) is 0 Å². The number of anilines is 1. The average Bonchev–Trinajstić information content (AvgIpc) is 2.89. The van der Waals surface area contributed by atoms with Gasteiger partial charge in [-0.3, -0.25) is 11.3 Å². The maximum absolute atomic E-state index is 5.62. The third-order valence-electron chi connectivity index (χ3n) is 3.00. The number of hydrogen-bond acceptors (Lipinski definition) is 4. The molecule has 4 nitrogen and oxygen atoms in total. The molecule has 0 saturated heterocycles. The second-order valence-electron chi connectivity index (χ2n) is 4.49. The second kappa shape index (κ2) is 5.71. The summed E-state index contributed by atoms with van der Waals surface area (Å²) in [5.41, 5.74) is 5.16. The summed E-state index contributed by atoms with van der Waals surface area (Å²) in [7, 11) is 4.05. The van der Waals surface area contributed by atoms with Gasteiger partial charge in [0.1, 0.15) is 5.76 Å². The van der Waals surface area contributed by atoms with Crippen molar-refractivity contribution < 1.29 is 4.42 Å². The van der Waals surface area contributed by atoms with Gasteiger partial charge in [-0.25, -0.2) is 0 Å². The lowest BCUT2D eigenvalue weighted by atomic mass is 10.0. The van der Waals surface area contributed by atoms with Crippen LogP contribution in [-0.2, 0) is 6.42 Å². The number of hydrazine groups is 1. The fourth-order valence-electron chi connectivity index (χ4n) is 1.91. The van der Waals surface area contributed by atoms with Gasteiger partial charge in [-0.2, -0.15) is 0 Å². The summed E-state index contributed by atoms with van der Waals surface area (Å²) in [6, 6.07) is 12.2. The predicted molar refractivity (Wildman–Crippen MR) is 73.2 cm³/mol. The Morgan fingerprint density at radius 3 is 2.44 bits per heavy atom. The number of nitrogens with two attached hydrogens (primary N) is 1.